The first-order valence-corrected chi connectivity index (χ1v) is 11.7. The zero-order chi connectivity index (χ0) is 23.6. The Labute approximate surface area is 184 Å². The first-order valence-electron chi connectivity index (χ1n) is 9.78. The fraction of sp³-hybridized carbons (Fsp3) is 0.400. The Balaban J connectivity index is 1.61. The van der Waals surface area contributed by atoms with E-state index in [0.717, 1.165) is 10.8 Å². The predicted molar refractivity (Wildman–Crippen MR) is 118 cm³/mol. The van der Waals surface area contributed by atoms with Gasteiger partial charge < -0.3 is 14.2 Å². The second-order valence-corrected chi connectivity index (χ2v) is 9.54. The SMILES string of the molecule is CN(CCCOc1cccc(S(C)(=O)=O)c1)C(=O)Cn1c(=O)c2c(ncn2C)n(C)c1=O. The van der Waals surface area contributed by atoms with Crippen LogP contribution in [0.3, 0.4) is 0 Å². The predicted octanol–water partition coefficient (Wildman–Crippen LogP) is -0.235. The molecule has 1 aromatic carbocycles. The Hall–Kier alpha value is -3.41. The molecule has 0 N–H and O–H groups in total. The van der Waals surface area contributed by atoms with Crippen LogP contribution in [-0.2, 0) is 35.3 Å². The highest BCUT2D eigenvalue weighted by Gasteiger charge is 2.18. The summed E-state index contributed by atoms with van der Waals surface area (Å²) in [5, 5.41) is 0. The number of ether oxygens (including phenoxy) is 1. The van der Waals surface area contributed by atoms with Gasteiger partial charge in [-0.1, -0.05) is 6.07 Å². The van der Waals surface area contributed by atoms with Gasteiger partial charge in [-0.15, -0.1) is 0 Å². The summed E-state index contributed by atoms with van der Waals surface area (Å²) < 4.78 is 32.5. The summed E-state index contributed by atoms with van der Waals surface area (Å²) in [7, 11) is 1.39. The normalized spacial score (nSPS) is 11.6. The Kier molecular flexibility index (Phi) is 6.53. The van der Waals surface area contributed by atoms with Crippen molar-refractivity contribution in [2.24, 2.45) is 14.1 Å². The minimum Gasteiger partial charge on any atom is -0.493 e. The molecule has 0 aliphatic rings. The van der Waals surface area contributed by atoms with Gasteiger partial charge in [-0.25, -0.2) is 22.8 Å². The van der Waals surface area contributed by atoms with Crippen LogP contribution in [-0.4, -0.2) is 64.4 Å². The Morgan fingerprint density at radius 3 is 2.62 bits per heavy atom. The van der Waals surface area contributed by atoms with Crippen molar-refractivity contribution in [3.63, 3.8) is 0 Å². The summed E-state index contributed by atoms with van der Waals surface area (Å²) in [5.74, 6) is 0.0197. The first-order chi connectivity index (χ1) is 15.0. The highest BCUT2D eigenvalue weighted by atomic mass is 32.2. The molecule has 0 fully saturated rings. The number of amides is 1. The van der Waals surface area contributed by atoms with Gasteiger partial charge >= 0.3 is 5.69 Å². The third-order valence-corrected chi connectivity index (χ3v) is 6.17. The zero-order valence-electron chi connectivity index (χ0n) is 18.3. The van der Waals surface area contributed by atoms with E-state index in [4.69, 9.17) is 4.74 Å². The molecule has 0 radical (unpaired) electrons. The van der Waals surface area contributed by atoms with E-state index in [1.807, 2.05) is 0 Å². The molecule has 3 aromatic rings. The van der Waals surface area contributed by atoms with Crippen LogP contribution in [0.1, 0.15) is 6.42 Å². The number of carbonyl (C=O) groups is 1. The van der Waals surface area contributed by atoms with Gasteiger partial charge in [0.1, 0.15) is 12.3 Å². The number of sulfone groups is 1. The fourth-order valence-electron chi connectivity index (χ4n) is 3.20. The number of nitrogens with zero attached hydrogens (tertiary/aromatic N) is 5. The number of likely N-dealkylation sites (N-methyl/N-ethyl adjacent to an activating group) is 1. The van der Waals surface area contributed by atoms with E-state index >= 15 is 0 Å². The molecule has 11 nitrogen and oxygen atoms in total. The van der Waals surface area contributed by atoms with Crippen molar-refractivity contribution in [1.29, 1.82) is 0 Å². The van der Waals surface area contributed by atoms with Crippen LogP contribution in [0, 0.1) is 0 Å². The number of benzene rings is 1. The van der Waals surface area contributed by atoms with Crippen LogP contribution in [0.4, 0.5) is 0 Å². The standard InChI is InChI=1S/C20H25N5O6S/c1-22(9-6-10-31-14-7-5-8-15(11-14)32(4,29)30)16(26)12-25-19(27)17-18(21-13-23(17)2)24(3)20(25)28/h5,7-8,11,13H,6,9-10,12H2,1-4H3. The van der Waals surface area contributed by atoms with Crippen LogP contribution < -0.4 is 16.0 Å². The van der Waals surface area contributed by atoms with Crippen LogP contribution in [0.5, 0.6) is 5.75 Å². The van der Waals surface area contributed by atoms with Gasteiger partial charge in [0.25, 0.3) is 5.56 Å². The zero-order valence-corrected chi connectivity index (χ0v) is 19.1. The molecule has 12 heteroatoms. The Morgan fingerprint density at radius 1 is 1.22 bits per heavy atom. The van der Waals surface area contributed by atoms with E-state index in [1.165, 1.54) is 39.5 Å². The molecule has 1 amide bonds. The maximum absolute atomic E-state index is 12.7. The molecule has 0 bridgehead atoms. The summed E-state index contributed by atoms with van der Waals surface area (Å²) >= 11 is 0. The van der Waals surface area contributed by atoms with E-state index in [1.54, 1.807) is 26.2 Å². The molecule has 0 atom stereocenters. The molecule has 0 saturated carbocycles. The fourth-order valence-corrected chi connectivity index (χ4v) is 3.86. The number of rotatable bonds is 8. The van der Waals surface area contributed by atoms with Crippen molar-refractivity contribution in [1.82, 2.24) is 23.6 Å². The smallest absolute Gasteiger partial charge is 0.332 e. The van der Waals surface area contributed by atoms with Gasteiger partial charge in [0.05, 0.1) is 17.8 Å². The highest BCUT2D eigenvalue weighted by Crippen LogP contribution is 2.17. The van der Waals surface area contributed by atoms with Crippen molar-refractivity contribution >= 4 is 26.9 Å². The van der Waals surface area contributed by atoms with Crippen molar-refractivity contribution < 1.29 is 17.9 Å². The molecule has 3 rings (SSSR count). The average Bonchev–Trinajstić information content (AvgIpc) is 3.13. The lowest BCUT2D eigenvalue weighted by Crippen LogP contribution is -2.44. The van der Waals surface area contributed by atoms with Crippen molar-refractivity contribution in [3.05, 3.63) is 51.4 Å². The minimum absolute atomic E-state index is 0.166. The summed E-state index contributed by atoms with van der Waals surface area (Å²) in [6, 6.07) is 6.18. The lowest BCUT2D eigenvalue weighted by atomic mass is 10.3. The van der Waals surface area contributed by atoms with Crippen molar-refractivity contribution in [2.75, 3.05) is 26.5 Å². The van der Waals surface area contributed by atoms with Gasteiger partial charge in [-0.2, -0.15) is 0 Å². The molecule has 2 heterocycles. The summed E-state index contributed by atoms with van der Waals surface area (Å²) in [4.78, 5) is 43.5. The van der Waals surface area contributed by atoms with E-state index in [9.17, 15) is 22.8 Å². The Bertz CT molecular complexity index is 1390. The third-order valence-electron chi connectivity index (χ3n) is 5.06. The summed E-state index contributed by atoms with van der Waals surface area (Å²) in [6.45, 7) is 0.196. The van der Waals surface area contributed by atoms with Crippen molar-refractivity contribution in [3.8, 4) is 5.75 Å². The van der Waals surface area contributed by atoms with Crippen LogP contribution in [0.15, 0.2) is 45.1 Å². The van der Waals surface area contributed by atoms with Gasteiger partial charge in [-0.3, -0.25) is 14.2 Å². The number of hydrogen-bond acceptors (Lipinski definition) is 7. The number of fused-ring (bicyclic) bond motifs is 1. The maximum atomic E-state index is 12.7. The van der Waals surface area contributed by atoms with E-state index in [-0.39, 0.29) is 29.2 Å². The second kappa shape index (κ2) is 8.99. The molecule has 0 spiro atoms. The first kappa shape index (κ1) is 23.3. The van der Waals surface area contributed by atoms with Crippen molar-refractivity contribution in [2.45, 2.75) is 17.9 Å². The van der Waals surface area contributed by atoms with E-state index in [0.29, 0.717) is 18.7 Å². The van der Waals surface area contributed by atoms with Gasteiger partial charge in [0, 0.05) is 33.9 Å². The van der Waals surface area contributed by atoms with Gasteiger partial charge in [0.15, 0.2) is 21.0 Å². The topological polar surface area (TPSA) is 126 Å². The summed E-state index contributed by atoms with van der Waals surface area (Å²) in [5.41, 5.74) is -0.681. The molecule has 0 saturated heterocycles. The van der Waals surface area contributed by atoms with Gasteiger partial charge in [-0.05, 0) is 24.6 Å². The average molecular weight is 464 g/mol. The molecular weight excluding hydrogens is 438 g/mol. The maximum Gasteiger partial charge on any atom is 0.332 e. The highest BCUT2D eigenvalue weighted by molar-refractivity contribution is 7.90. The number of aryl methyl sites for hydroxylation is 2. The number of carbonyl (C=O) groups excluding carboxylic acids is 1. The van der Waals surface area contributed by atoms with Crippen LogP contribution in [0.25, 0.3) is 11.2 Å². The van der Waals surface area contributed by atoms with E-state index < -0.39 is 27.0 Å². The molecule has 0 aliphatic heterocycles. The Morgan fingerprint density at radius 2 is 1.94 bits per heavy atom. The molecule has 0 aliphatic carbocycles. The lowest BCUT2D eigenvalue weighted by Gasteiger charge is -2.18. The molecule has 0 unspecified atom stereocenters. The third kappa shape index (κ3) is 4.74. The molecular formula is C20H25N5O6S. The second-order valence-electron chi connectivity index (χ2n) is 7.52. The van der Waals surface area contributed by atoms with Crippen LogP contribution in [0.2, 0.25) is 0 Å². The number of aromatic nitrogens is 4. The van der Waals surface area contributed by atoms with E-state index in [2.05, 4.69) is 4.98 Å². The molecule has 32 heavy (non-hydrogen) atoms. The quantitative estimate of drug-likeness (QED) is 0.422. The molecule has 172 valence electrons. The monoisotopic (exact) mass is 463 g/mol. The van der Waals surface area contributed by atoms with Gasteiger partial charge in [0.2, 0.25) is 5.91 Å². The number of imidazole rings is 1. The number of hydrogen-bond donors (Lipinski definition) is 0. The lowest BCUT2D eigenvalue weighted by molar-refractivity contribution is -0.130. The largest absolute Gasteiger partial charge is 0.493 e. The summed E-state index contributed by atoms with van der Waals surface area (Å²) in [6.07, 6.45) is 3.03. The minimum atomic E-state index is -3.33. The van der Waals surface area contributed by atoms with Crippen LogP contribution >= 0.6 is 0 Å². The molecule has 2 aromatic heterocycles.